The number of ether oxygens (including phenoxy) is 2. The Labute approximate surface area is 176 Å². The third-order valence-corrected chi connectivity index (χ3v) is 5.79. The molecule has 1 amide bonds. The van der Waals surface area contributed by atoms with Crippen molar-refractivity contribution in [3.8, 4) is 11.5 Å². The van der Waals surface area contributed by atoms with Crippen LogP contribution in [0.1, 0.15) is 11.3 Å². The van der Waals surface area contributed by atoms with Crippen LogP contribution < -0.4 is 20.3 Å². The zero-order valence-electron chi connectivity index (χ0n) is 17.0. The van der Waals surface area contributed by atoms with Crippen LogP contribution in [-0.2, 0) is 11.3 Å². The summed E-state index contributed by atoms with van der Waals surface area (Å²) in [6, 6.07) is 7.02. The van der Waals surface area contributed by atoms with E-state index in [1.165, 1.54) is 36.5 Å². The third kappa shape index (κ3) is 3.48. The maximum atomic E-state index is 13.0. The summed E-state index contributed by atoms with van der Waals surface area (Å²) in [7, 11) is 3.06. The van der Waals surface area contributed by atoms with Gasteiger partial charge in [-0.2, -0.15) is 0 Å². The van der Waals surface area contributed by atoms with Gasteiger partial charge in [0.25, 0.3) is 5.56 Å². The van der Waals surface area contributed by atoms with Gasteiger partial charge in [0.15, 0.2) is 11.5 Å². The molecule has 1 aromatic carbocycles. The SMILES string of the molecule is COc1ccc(NC(=O)Cn2cnc3c(sc4nc(C)cc(C)c43)c2=O)cc1OC. The van der Waals surface area contributed by atoms with Crippen molar-refractivity contribution in [2.24, 2.45) is 0 Å². The highest BCUT2D eigenvalue weighted by molar-refractivity contribution is 7.25. The molecule has 0 saturated carbocycles. The van der Waals surface area contributed by atoms with Crippen LogP contribution in [-0.4, -0.2) is 34.7 Å². The van der Waals surface area contributed by atoms with Crippen LogP contribution in [0.2, 0.25) is 0 Å². The van der Waals surface area contributed by atoms with Gasteiger partial charge in [0.05, 0.1) is 26.1 Å². The maximum absolute atomic E-state index is 13.0. The molecule has 3 aromatic heterocycles. The first-order valence-corrected chi connectivity index (χ1v) is 10.0. The summed E-state index contributed by atoms with van der Waals surface area (Å²) in [6.07, 6.45) is 1.41. The number of benzene rings is 1. The molecule has 0 saturated heterocycles. The van der Waals surface area contributed by atoms with E-state index in [1.807, 2.05) is 19.9 Å². The van der Waals surface area contributed by atoms with E-state index in [0.29, 0.717) is 27.4 Å². The molecule has 4 rings (SSSR count). The number of methoxy groups -OCH3 is 2. The molecule has 0 aliphatic carbocycles. The van der Waals surface area contributed by atoms with Gasteiger partial charge in [-0.25, -0.2) is 9.97 Å². The second-order valence-corrected chi connectivity index (χ2v) is 7.84. The van der Waals surface area contributed by atoms with Gasteiger partial charge in [-0.1, -0.05) is 0 Å². The first-order valence-electron chi connectivity index (χ1n) is 9.19. The monoisotopic (exact) mass is 424 g/mol. The Hall–Kier alpha value is -3.46. The average Bonchev–Trinajstić information content (AvgIpc) is 3.09. The number of aryl methyl sites for hydroxylation is 2. The number of nitrogens with one attached hydrogen (secondary N) is 1. The number of amides is 1. The number of nitrogens with zero attached hydrogens (tertiary/aromatic N) is 3. The van der Waals surface area contributed by atoms with Gasteiger partial charge >= 0.3 is 0 Å². The fourth-order valence-corrected chi connectivity index (χ4v) is 4.58. The van der Waals surface area contributed by atoms with Crippen molar-refractivity contribution in [2.75, 3.05) is 19.5 Å². The second kappa shape index (κ2) is 7.75. The molecule has 0 spiro atoms. The summed E-state index contributed by atoms with van der Waals surface area (Å²) >= 11 is 1.30. The zero-order valence-corrected chi connectivity index (χ0v) is 17.8. The summed E-state index contributed by atoms with van der Waals surface area (Å²) in [5.74, 6) is 0.709. The molecule has 154 valence electrons. The van der Waals surface area contributed by atoms with E-state index in [-0.39, 0.29) is 18.0 Å². The molecule has 0 radical (unpaired) electrons. The van der Waals surface area contributed by atoms with E-state index < -0.39 is 0 Å². The number of pyridine rings is 1. The van der Waals surface area contributed by atoms with Crippen LogP contribution in [0.3, 0.4) is 0 Å². The lowest BCUT2D eigenvalue weighted by molar-refractivity contribution is -0.116. The Bertz CT molecular complexity index is 1340. The van der Waals surface area contributed by atoms with Crippen LogP contribution in [0.4, 0.5) is 5.69 Å². The van der Waals surface area contributed by atoms with Crippen molar-refractivity contribution in [3.63, 3.8) is 0 Å². The van der Waals surface area contributed by atoms with Crippen molar-refractivity contribution in [1.29, 1.82) is 0 Å². The predicted molar refractivity (Wildman–Crippen MR) is 117 cm³/mol. The van der Waals surface area contributed by atoms with Gasteiger partial charge in [0.2, 0.25) is 5.91 Å². The van der Waals surface area contributed by atoms with Crippen molar-refractivity contribution < 1.29 is 14.3 Å². The molecule has 3 heterocycles. The van der Waals surface area contributed by atoms with Crippen molar-refractivity contribution in [2.45, 2.75) is 20.4 Å². The lowest BCUT2D eigenvalue weighted by Crippen LogP contribution is -2.27. The molecule has 8 nitrogen and oxygen atoms in total. The summed E-state index contributed by atoms with van der Waals surface area (Å²) in [6.45, 7) is 3.74. The maximum Gasteiger partial charge on any atom is 0.271 e. The Morgan fingerprint density at radius 3 is 2.67 bits per heavy atom. The highest BCUT2D eigenvalue weighted by Gasteiger charge is 2.16. The van der Waals surface area contributed by atoms with Crippen molar-refractivity contribution in [3.05, 3.63) is 52.2 Å². The van der Waals surface area contributed by atoms with Gasteiger partial charge in [0, 0.05) is 22.8 Å². The summed E-state index contributed by atoms with van der Waals surface area (Å²) in [5, 5.41) is 3.65. The number of hydrogen-bond acceptors (Lipinski definition) is 7. The van der Waals surface area contributed by atoms with E-state index in [2.05, 4.69) is 15.3 Å². The predicted octanol–water partition coefficient (Wildman–Crippen LogP) is 3.28. The number of hydrogen-bond donors (Lipinski definition) is 1. The molecule has 0 unspecified atom stereocenters. The number of carbonyl (C=O) groups excluding carboxylic acids is 1. The quantitative estimate of drug-likeness (QED) is 0.528. The first kappa shape index (κ1) is 19.8. The lowest BCUT2D eigenvalue weighted by Gasteiger charge is -2.11. The van der Waals surface area contributed by atoms with E-state index in [0.717, 1.165) is 21.5 Å². The van der Waals surface area contributed by atoms with Crippen LogP contribution >= 0.6 is 11.3 Å². The highest BCUT2D eigenvalue weighted by Crippen LogP contribution is 2.32. The summed E-state index contributed by atoms with van der Waals surface area (Å²) < 4.78 is 12.2. The molecule has 0 aliphatic rings. The van der Waals surface area contributed by atoms with Gasteiger partial charge in [0.1, 0.15) is 16.1 Å². The highest BCUT2D eigenvalue weighted by atomic mass is 32.1. The molecule has 0 bridgehead atoms. The van der Waals surface area contributed by atoms with Crippen molar-refractivity contribution in [1.82, 2.24) is 14.5 Å². The minimum absolute atomic E-state index is 0.157. The number of anilines is 1. The molecule has 0 atom stereocenters. The van der Waals surface area contributed by atoms with Crippen LogP contribution in [0.15, 0.2) is 35.4 Å². The van der Waals surface area contributed by atoms with E-state index >= 15 is 0 Å². The van der Waals surface area contributed by atoms with E-state index in [9.17, 15) is 9.59 Å². The van der Waals surface area contributed by atoms with Crippen LogP contribution in [0, 0.1) is 13.8 Å². The van der Waals surface area contributed by atoms with Crippen molar-refractivity contribution >= 4 is 43.4 Å². The van der Waals surface area contributed by atoms with Gasteiger partial charge < -0.3 is 14.8 Å². The van der Waals surface area contributed by atoms with Gasteiger partial charge in [-0.15, -0.1) is 11.3 Å². The molecule has 0 aliphatic heterocycles. The minimum atomic E-state index is -0.350. The lowest BCUT2D eigenvalue weighted by atomic mass is 10.1. The zero-order chi connectivity index (χ0) is 21.4. The van der Waals surface area contributed by atoms with E-state index in [1.54, 1.807) is 18.2 Å². The smallest absolute Gasteiger partial charge is 0.271 e. The normalized spacial score (nSPS) is 11.1. The molecular formula is C21H20N4O4S. The fourth-order valence-electron chi connectivity index (χ4n) is 3.38. The van der Waals surface area contributed by atoms with E-state index in [4.69, 9.17) is 9.47 Å². The Morgan fingerprint density at radius 1 is 1.17 bits per heavy atom. The molecule has 1 N–H and O–H groups in total. The minimum Gasteiger partial charge on any atom is -0.493 e. The second-order valence-electron chi connectivity index (χ2n) is 6.84. The van der Waals surface area contributed by atoms with Crippen LogP contribution in [0.25, 0.3) is 20.4 Å². The topological polar surface area (TPSA) is 95.3 Å². The molecule has 9 heteroatoms. The summed E-state index contributed by atoms with van der Waals surface area (Å²) in [4.78, 5) is 35.2. The number of rotatable bonds is 5. The Morgan fingerprint density at radius 2 is 1.93 bits per heavy atom. The molecule has 30 heavy (non-hydrogen) atoms. The first-order chi connectivity index (χ1) is 14.4. The van der Waals surface area contributed by atoms with Gasteiger partial charge in [-0.3, -0.25) is 14.2 Å². The molecule has 4 aromatic rings. The largest absolute Gasteiger partial charge is 0.493 e. The third-order valence-electron chi connectivity index (χ3n) is 4.72. The van der Waals surface area contributed by atoms with Gasteiger partial charge in [-0.05, 0) is 37.6 Å². The number of fused-ring (bicyclic) bond motifs is 3. The molecule has 0 fully saturated rings. The standard InChI is InChI=1S/C21H20N4O4S/c1-11-7-12(2)23-20-17(11)18-19(30-20)21(27)25(10-22-18)9-16(26)24-13-5-6-14(28-3)15(8-13)29-4/h5-8,10H,9H2,1-4H3,(H,24,26). The number of thiophene rings is 1. The van der Waals surface area contributed by atoms with Crippen LogP contribution in [0.5, 0.6) is 11.5 Å². The fraction of sp³-hybridized carbons (Fsp3) is 0.238. The Balaban J connectivity index is 1.63. The Kier molecular flexibility index (Phi) is 5.13. The average molecular weight is 424 g/mol. The summed E-state index contributed by atoms with van der Waals surface area (Å²) in [5.41, 5.74) is 2.82. The molecular weight excluding hydrogens is 404 g/mol. The number of carbonyl (C=O) groups is 1. The number of aromatic nitrogens is 3.